The van der Waals surface area contributed by atoms with E-state index < -0.39 is 31.4 Å². The van der Waals surface area contributed by atoms with Gasteiger partial charge in [-0.25, -0.2) is 29.8 Å². The molecule has 0 aliphatic carbocycles. The van der Waals surface area contributed by atoms with E-state index in [0.717, 1.165) is 0 Å². The van der Waals surface area contributed by atoms with Crippen molar-refractivity contribution in [3.05, 3.63) is 35.6 Å². The first kappa shape index (κ1) is 33.9. The fourth-order valence-corrected chi connectivity index (χ4v) is 8.25. The maximum atomic E-state index is 13.6. The van der Waals surface area contributed by atoms with Crippen molar-refractivity contribution in [2.75, 3.05) is 59.0 Å². The Labute approximate surface area is 244 Å². The maximum absolute atomic E-state index is 13.6. The molecule has 1 aromatic carbocycles. The molecule has 0 bridgehead atoms. The number of aliphatic hydroxyl groups is 1. The van der Waals surface area contributed by atoms with Gasteiger partial charge >= 0.3 is 0 Å². The average Bonchev–Trinajstić information content (AvgIpc) is 2.91. The second kappa shape index (κ2) is 14.7. The van der Waals surface area contributed by atoms with Gasteiger partial charge in [-0.1, -0.05) is 0 Å². The third kappa shape index (κ3) is 9.69. The van der Waals surface area contributed by atoms with Crippen LogP contribution in [0.15, 0.2) is 24.3 Å². The number of nitrogens with one attached hydrogen (secondary N) is 1. The van der Waals surface area contributed by atoms with Crippen LogP contribution in [0.1, 0.15) is 61.7 Å². The number of nitrogens with zero attached hydrogens (tertiary/aromatic N) is 2. The Morgan fingerprint density at radius 2 is 1.51 bits per heavy atom. The van der Waals surface area contributed by atoms with Gasteiger partial charge in [0.1, 0.15) is 5.82 Å². The third-order valence-corrected chi connectivity index (χ3v) is 11.4. The molecule has 2 fully saturated rings. The molecule has 2 aliphatic heterocycles. The van der Waals surface area contributed by atoms with Crippen molar-refractivity contribution in [3.63, 3.8) is 0 Å². The highest BCUT2D eigenvalue weighted by Gasteiger charge is 2.43. The first-order valence-electron chi connectivity index (χ1n) is 14.4. The molecule has 2 unspecified atom stereocenters. The summed E-state index contributed by atoms with van der Waals surface area (Å²) in [5.74, 6) is -0.560. The van der Waals surface area contributed by atoms with E-state index in [1.807, 2.05) is 0 Å². The van der Waals surface area contributed by atoms with Gasteiger partial charge in [0, 0.05) is 57.6 Å². The Morgan fingerprint density at radius 1 is 1.00 bits per heavy atom. The molecule has 13 heteroatoms. The Balaban J connectivity index is 1.91. The fourth-order valence-electron chi connectivity index (χ4n) is 6.51. The van der Waals surface area contributed by atoms with Crippen LogP contribution in [-0.2, 0) is 24.8 Å². The van der Waals surface area contributed by atoms with E-state index in [-0.39, 0.29) is 30.3 Å². The zero-order chi connectivity index (χ0) is 30.3. The number of benzene rings is 1. The van der Waals surface area contributed by atoms with Gasteiger partial charge < -0.3 is 15.2 Å². The number of aliphatic hydroxyl groups excluding tert-OH is 1. The van der Waals surface area contributed by atoms with Gasteiger partial charge in [0.25, 0.3) is 5.91 Å². The lowest BCUT2D eigenvalue weighted by Crippen LogP contribution is -2.57. The van der Waals surface area contributed by atoms with Crippen LogP contribution < -0.4 is 5.32 Å². The minimum absolute atomic E-state index is 0.0956. The van der Waals surface area contributed by atoms with E-state index >= 15 is 0 Å². The number of ether oxygens (including phenoxy) is 1. The normalized spacial score (nSPS) is 20.9. The lowest BCUT2D eigenvalue weighted by atomic mass is 9.68. The lowest BCUT2D eigenvalue weighted by Gasteiger charge is -2.46. The number of methoxy groups -OCH3 is 1. The molecule has 3 rings (SSSR count). The molecule has 0 spiro atoms. The van der Waals surface area contributed by atoms with Crippen LogP contribution in [0.3, 0.4) is 0 Å². The van der Waals surface area contributed by atoms with Gasteiger partial charge in [0.15, 0.2) is 0 Å². The fraction of sp³-hybridized carbons (Fsp3) is 0.750. The van der Waals surface area contributed by atoms with Gasteiger partial charge in [-0.2, -0.15) is 0 Å². The molecular formula is C28H46FN3O7S2. The van der Waals surface area contributed by atoms with Crippen molar-refractivity contribution in [2.24, 2.45) is 17.8 Å². The van der Waals surface area contributed by atoms with Crippen LogP contribution in [0, 0.1) is 23.6 Å². The van der Waals surface area contributed by atoms with Crippen molar-refractivity contribution in [1.82, 2.24) is 13.9 Å². The SMILES string of the molecule is COCCC(CC1CCN(S(C)(=O)=O)CC1)C(CCO)(CC1CCN(S(C)(=O)=O)CC1)NC(=O)c1ccc(F)cc1. The van der Waals surface area contributed by atoms with E-state index in [1.54, 1.807) is 7.11 Å². The molecule has 2 saturated heterocycles. The standard InChI is InChI=1S/C28H46FN3O7S2/c1-39-19-12-25(20-22-8-14-31(15-9-22)40(2,35)36)28(13-18-33,30-27(34)24-4-6-26(29)7-5-24)21-23-10-16-32(17-11-23)41(3,37)38/h4-7,22-23,25,33H,8-21H2,1-3H3,(H,30,34). The number of hydrogen-bond donors (Lipinski definition) is 2. The Hall–Kier alpha value is -1.64. The molecule has 2 heterocycles. The van der Waals surface area contributed by atoms with Gasteiger partial charge in [-0.05, 0) is 93.4 Å². The lowest BCUT2D eigenvalue weighted by molar-refractivity contribution is 0.0502. The van der Waals surface area contributed by atoms with E-state index in [4.69, 9.17) is 4.74 Å². The molecule has 0 saturated carbocycles. The molecule has 2 atom stereocenters. The number of amides is 1. The zero-order valence-corrected chi connectivity index (χ0v) is 26.1. The van der Waals surface area contributed by atoms with Crippen LogP contribution in [0.25, 0.3) is 0 Å². The highest BCUT2D eigenvalue weighted by molar-refractivity contribution is 7.88. The molecule has 41 heavy (non-hydrogen) atoms. The summed E-state index contributed by atoms with van der Waals surface area (Å²) in [5, 5.41) is 13.6. The van der Waals surface area contributed by atoms with Crippen molar-refractivity contribution in [2.45, 2.75) is 56.9 Å². The highest BCUT2D eigenvalue weighted by atomic mass is 32.2. The Morgan fingerprint density at radius 3 is 1.98 bits per heavy atom. The summed E-state index contributed by atoms with van der Waals surface area (Å²) in [7, 11) is -4.94. The van der Waals surface area contributed by atoms with Crippen molar-refractivity contribution < 1.29 is 35.9 Å². The highest BCUT2D eigenvalue weighted by Crippen LogP contribution is 2.40. The zero-order valence-electron chi connectivity index (χ0n) is 24.4. The Kier molecular flexibility index (Phi) is 12.1. The van der Waals surface area contributed by atoms with Crippen molar-refractivity contribution in [1.29, 1.82) is 0 Å². The molecule has 2 N–H and O–H groups in total. The number of piperidine rings is 2. The van der Waals surface area contributed by atoms with Crippen LogP contribution in [0.5, 0.6) is 0 Å². The number of hydrogen-bond acceptors (Lipinski definition) is 7. The molecule has 1 aromatic rings. The third-order valence-electron chi connectivity index (χ3n) is 8.83. The van der Waals surface area contributed by atoms with Crippen molar-refractivity contribution in [3.8, 4) is 0 Å². The van der Waals surface area contributed by atoms with Crippen LogP contribution in [0.4, 0.5) is 4.39 Å². The van der Waals surface area contributed by atoms with Crippen LogP contribution in [-0.4, -0.2) is 101 Å². The van der Waals surface area contributed by atoms with Gasteiger partial charge in [-0.15, -0.1) is 0 Å². The number of carbonyl (C=O) groups is 1. The summed E-state index contributed by atoms with van der Waals surface area (Å²) < 4.78 is 70.3. The first-order valence-corrected chi connectivity index (χ1v) is 18.0. The quantitative estimate of drug-likeness (QED) is 0.327. The maximum Gasteiger partial charge on any atom is 0.251 e. The monoisotopic (exact) mass is 619 g/mol. The van der Waals surface area contributed by atoms with Crippen molar-refractivity contribution >= 4 is 26.0 Å². The molecule has 10 nitrogen and oxygen atoms in total. The number of carbonyl (C=O) groups excluding carboxylic acids is 1. The number of rotatable bonds is 14. The van der Waals surface area contributed by atoms with Gasteiger partial charge in [0.05, 0.1) is 12.5 Å². The summed E-state index contributed by atoms with van der Waals surface area (Å²) in [5.41, 5.74) is -0.516. The summed E-state index contributed by atoms with van der Waals surface area (Å²) in [6.45, 7) is 1.97. The predicted molar refractivity (Wildman–Crippen MR) is 156 cm³/mol. The molecule has 0 radical (unpaired) electrons. The topological polar surface area (TPSA) is 133 Å². The summed E-state index contributed by atoms with van der Waals surface area (Å²) >= 11 is 0. The van der Waals surface area contributed by atoms with E-state index in [1.165, 1.54) is 45.4 Å². The second-order valence-electron chi connectivity index (χ2n) is 11.7. The van der Waals surface area contributed by atoms with E-state index in [9.17, 15) is 31.1 Å². The molecule has 1 amide bonds. The molecule has 234 valence electrons. The predicted octanol–water partition coefficient (Wildman–Crippen LogP) is 2.45. The summed E-state index contributed by atoms with van der Waals surface area (Å²) in [6, 6.07) is 5.34. The first-order chi connectivity index (χ1) is 19.3. The molecular weight excluding hydrogens is 573 g/mol. The molecule has 2 aliphatic rings. The second-order valence-corrected chi connectivity index (χ2v) is 15.7. The average molecular weight is 620 g/mol. The van der Waals surface area contributed by atoms with Crippen LogP contribution >= 0.6 is 0 Å². The Bertz CT molecular complexity index is 1200. The van der Waals surface area contributed by atoms with Crippen LogP contribution in [0.2, 0.25) is 0 Å². The number of sulfonamides is 2. The summed E-state index contributed by atoms with van der Waals surface area (Å²) in [6.07, 6.45) is 7.28. The summed E-state index contributed by atoms with van der Waals surface area (Å²) in [4.78, 5) is 13.6. The van der Waals surface area contributed by atoms with Gasteiger partial charge in [0.2, 0.25) is 20.0 Å². The van der Waals surface area contributed by atoms with E-state index in [0.29, 0.717) is 89.7 Å². The minimum atomic E-state index is -3.29. The smallest absolute Gasteiger partial charge is 0.251 e. The number of halogens is 1. The largest absolute Gasteiger partial charge is 0.396 e. The van der Waals surface area contributed by atoms with Gasteiger partial charge in [-0.3, -0.25) is 4.79 Å². The minimum Gasteiger partial charge on any atom is -0.396 e. The molecule has 0 aromatic heterocycles. The van der Waals surface area contributed by atoms with E-state index in [2.05, 4.69) is 5.32 Å².